The van der Waals surface area contributed by atoms with Gasteiger partial charge in [0.1, 0.15) is 0 Å². The number of hydrogen-bond donors (Lipinski definition) is 0. The van der Waals surface area contributed by atoms with Crippen molar-refractivity contribution in [2.75, 3.05) is 13.2 Å². The standard InChI is InChI=1S/C26H36O8S2/c1-2-3-4-5-6-14-21-32-26(27)25(34-36(30,31)24-18-11-8-12-19-24)20-13-15-22-33-35(28,29)23-16-9-7-10-17-23/h7-12,16-19,25H,2-6,13-15,20-22H2,1H3. The number of ether oxygens (including phenoxy) is 1. The summed E-state index contributed by atoms with van der Waals surface area (Å²) in [7, 11) is -8.06. The van der Waals surface area contributed by atoms with Crippen LogP contribution in [-0.2, 0) is 38.1 Å². The molecule has 0 aliphatic heterocycles. The van der Waals surface area contributed by atoms with Crippen LogP contribution in [0.2, 0.25) is 0 Å². The van der Waals surface area contributed by atoms with E-state index in [0.29, 0.717) is 12.8 Å². The molecule has 0 bridgehead atoms. The van der Waals surface area contributed by atoms with Gasteiger partial charge >= 0.3 is 5.97 Å². The van der Waals surface area contributed by atoms with Gasteiger partial charge < -0.3 is 4.74 Å². The van der Waals surface area contributed by atoms with Crippen LogP contribution in [0.3, 0.4) is 0 Å². The summed E-state index contributed by atoms with van der Waals surface area (Å²) in [5, 5.41) is 0. The monoisotopic (exact) mass is 540 g/mol. The second-order valence-electron chi connectivity index (χ2n) is 8.37. The Balaban J connectivity index is 1.89. The highest BCUT2D eigenvalue weighted by molar-refractivity contribution is 7.87. The first-order valence-corrected chi connectivity index (χ1v) is 15.2. The van der Waals surface area contributed by atoms with E-state index in [9.17, 15) is 21.6 Å². The third-order valence-corrected chi connectivity index (χ3v) is 8.07. The quantitative estimate of drug-likeness (QED) is 0.143. The molecule has 200 valence electrons. The highest BCUT2D eigenvalue weighted by Gasteiger charge is 2.28. The highest BCUT2D eigenvalue weighted by atomic mass is 32.2. The van der Waals surface area contributed by atoms with Gasteiger partial charge in [0.15, 0.2) is 6.10 Å². The number of esters is 1. The summed E-state index contributed by atoms with van der Waals surface area (Å²) in [6, 6.07) is 15.3. The van der Waals surface area contributed by atoms with Crippen LogP contribution < -0.4 is 0 Å². The minimum atomic E-state index is -4.18. The summed E-state index contributed by atoms with van der Waals surface area (Å²) in [5.74, 6) is -0.749. The Bertz CT molecular complexity index is 1100. The van der Waals surface area contributed by atoms with Crippen molar-refractivity contribution in [3.63, 3.8) is 0 Å². The third-order valence-electron chi connectivity index (χ3n) is 5.41. The van der Waals surface area contributed by atoms with Gasteiger partial charge in [-0.25, -0.2) is 4.79 Å². The lowest BCUT2D eigenvalue weighted by atomic mass is 10.1. The van der Waals surface area contributed by atoms with Crippen molar-refractivity contribution in [3.05, 3.63) is 60.7 Å². The van der Waals surface area contributed by atoms with Crippen molar-refractivity contribution in [1.29, 1.82) is 0 Å². The number of benzene rings is 2. The van der Waals surface area contributed by atoms with Gasteiger partial charge in [0.25, 0.3) is 20.2 Å². The summed E-state index contributed by atoms with van der Waals surface area (Å²) < 4.78 is 65.4. The van der Waals surface area contributed by atoms with E-state index in [-0.39, 0.29) is 35.8 Å². The Morgan fingerprint density at radius 2 is 1.22 bits per heavy atom. The molecule has 0 aliphatic carbocycles. The van der Waals surface area contributed by atoms with Gasteiger partial charge in [-0.3, -0.25) is 8.37 Å². The Hall–Kier alpha value is -2.27. The van der Waals surface area contributed by atoms with Crippen molar-refractivity contribution >= 4 is 26.2 Å². The number of carbonyl (C=O) groups excluding carboxylic acids is 1. The van der Waals surface area contributed by atoms with E-state index in [0.717, 1.165) is 25.7 Å². The average Bonchev–Trinajstić information content (AvgIpc) is 2.88. The van der Waals surface area contributed by atoms with Gasteiger partial charge in [0.05, 0.1) is 23.0 Å². The van der Waals surface area contributed by atoms with Gasteiger partial charge in [-0.2, -0.15) is 16.8 Å². The lowest BCUT2D eigenvalue weighted by Crippen LogP contribution is -2.30. The van der Waals surface area contributed by atoms with Crippen LogP contribution >= 0.6 is 0 Å². The zero-order valence-electron chi connectivity index (χ0n) is 20.7. The second-order valence-corrected chi connectivity index (χ2v) is 11.6. The molecule has 1 atom stereocenters. The van der Waals surface area contributed by atoms with E-state index >= 15 is 0 Å². The van der Waals surface area contributed by atoms with Crippen LogP contribution in [0.1, 0.15) is 64.7 Å². The van der Waals surface area contributed by atoms with Crippen molar-refractivity contribution in [2.24, 2.45) is 0 Å². The highest BCUT2D eigenvalue weighted by Crippen LogP contribution is 2.19. The molecular weight excluding hydrogens is 504 g/mol. The fraction of sp³-hybridized carbons (Fsp3) is 0.500. The van der Waals surface area contributed by atoms with Gasteiger partial charge in [0.2, 0.25) is 0 Å². The Morgan fingerprint density at radius 1 is 0.694 bits per heavy atom. The molecule has 0 aliphatic rings. The van der Waals surface area contributed by atoms with E-state index in [2.05, 4.69) is 6.92 Å². The first kappa shape index (κ1) is 30.0. The van der Waals surface area contributed by atoms with E-state index in [4.69, 9.17) is 13.1 Å². The second kappa shape index (κ2) is 15.8. The summed E-state index contributed by atoms with van der Waals surface area (Å²) >= 11 is 0. The smallest absolute Gasteiger partial charge is 0.336 e. The molecule has 0 heterocycles. The topological polar surface area (TPSA) is 113 Å². The van der Waals surface area contributed by atoms with E-state index in [1.165, 1.54) is 30.7 Å². The SMILES string of the molecule is CCCCCCCCOC(=O)C(CCCCOS(=O)(=O)c1ccccc1)OS(=O)(=O)c1ccccc1. The van der Waals surface area contributed by atoms with Gasteiger partial charge in [-0.15, -0.1) is 0 Å². The Kier molecular flexibility index (Phi) is 13.1. The van der Waals surface area contributed by atoms with Crippen molar-refractivity contribution in [3.8, 4) is 0 Å². The molecule has 1 unspecified atom stereocenters. The maximum atomic E-state index is 12.7. The molecule has 0 fully saturated rings. The van der Waals surface area contributed by atoms with Gasteiger partial charge in [-0.05, 0) is 49.9 Å². The molecule has 8 nitrogen and oxygen atoms in total. The largest absolute Gasteiger partial charge is 0.464 e. The summed E-state index contributed by atoms with van der Waals surface area (Å²) in [6.45, 7) is 2.22. The normalized spacial score (nSPS) is 12.8. The lowest BCUT2D eigenvalue weighted by molar-refractivity contribution is -0.152. The van der Waals surface area contributed by atoms with Gasteiger partial charge in [-0.1, -0.05) is 75.4 Å². The Morgan fingerprint density at radius 3 is 1.83 bits per heavy atom. The lowest BCUT2D eigenvalue weighted by Gasteiger charge is -2.17. The first-order valence-electron chi connectivity index (χ1n) is 12.4. The van der Waals surface area contributed by atoms with Crippen LogP contribution in [0.15, 0.2) is 70.5 Å². The predicted octanol–water partition coefficient (Wildman–Crippen LogP) is 5.24. The fourth-order valence-corrected chi connectivity index (χ4v) is 5.45. The molecule has 0 saturated carbocycles. The molecule has 0 radical (unpaired) electrons. The maximum Gasteiger partial charge on any atom is 0.336 e. The molecule has 0 aromatic heterocycles. The molecule has 36 heavy (non-hydrogen) atoms. The maximum absolute atomic E-state index is 12.7. The molecule has 2 aromatic rings. The first-order chi connectivity index (χ1) is 17.3. The van der Waals surface area contributed by atoms with Crippen LogP contribution in [0.5, 0.6) is 0 Å². The van der Waals surface area contributed by atoms with Crippen molar-refractivity contribution in [2.45, 2.75) is 80.6 Å². The zero-order chi connectivity index (χ0) is 26.3. The number of unbranched alkanes of at least 4 members (excludes halogenated alkanes) is 6. The molecule has 2 rings (SSSR count). The van der Waals surface area contributed by atoms with Crippen LogP contribution in [0, 0.1) is 0 Å². The van der Waals surface area contributed by atoms with Crippen molar-refractivity contribution < 1.29 is 34.7 Å². The van der Waals surface area contributed by atoms with Crippen molar-refractivity contribution in [1.82, 2.24) is 0 Å². The number of hydrogen-bond acceptors (Lipinski definition) is 8. The third kappa shape index (κ3) is 10.8. The molecule has 2 aromatic carbocycles. The van der Waals surface area contributed by atoms with E-state index in [1.54, 1.807) is 36.4 Å². The molecule has 0 amide bonds. The van der Waals surface area contributed by atoms with Gasteiger partial charge in [0, 0.05) is 0 Å². The summed E-state index contributed by atoms with van der Waals surface area (Å²) in [4.78, 5) is 12.7. The molecule has 0 spiro atoms. The Labute approximate surface area is 215 Å². The average molecular weight is 541 g/mol. The van der Waals surface area contributed by atoms with Crippen LogP contribution in [0.4, 0.5) is 0 Å². The van der Waals surface area contributed by atoms with Crippen LogP contribution in [-0.4, -0.2) is 42.1 Å². The molecule has 0 saturated heterocycles. The summed E-state index contributed by atoms with van der Waals surface area (Å²) in [5.41, 5.74) is 0. The molecule has 0 N–H and O–H groups in total. The summed E-state index contributed by atoms with van der Waals surface area (Å²) in [6.07, 6.45) is 5.40. The zero-order valence-corrected chi connectivity index (χ0v) is 22.3. The number of rotatable bonds is 18. The fourth-order valence-electron chi connectivity index (χ4n) is 3.40. The minimum absolute atomic E-state index is 0.0378. The number of carbonyl (C=O) groups is 1. The van der Waals surface area contributed by atoms with E-state index < -0.39 is 32.3 Å². The predicted molar refractivity (Wildman–Crippen MR) is 136 cm³/mol. The minimum Gasteiger partial charge on any atom is -0.464 e. The van der Waals surface area contributed by atoms with E-state index in [1.807, 2.05) is 0 Å². The molecule has 10 heteroatoms. The molecular formula is C26H36O8S2. The van der Waals surface area contributed by atoms with Crippen LogP contribution in [0.25, 0.3) is 0 Å².